The fraction of sp³-hybridized carbons (Fsp3) is 0.600. The minimum absolute atomic E-state index is 0.0424. The van der Waals surface area contributed by atoms with E-state index in [-0.39, 0.29) is 12.1 Å². The third-order valence-electron chi connectivity index (χ3n) is 3.73. The molecule has 1 aliphatic rings. The quantitative estimate of drug-likeness (QED) is 0.897. The van der Waals surface area contributed by atoms with Crippen molar-refractivity contribution in [3.63, 3.8) is 0 Å². The first-order chi connectivity index (χ1) is 9.95. The molecule has 1 aromatic heterocycles. The maximum absolute atomic E-state index is 12.2. The number of carbonyl (C=O) groups excluding carboxylic acids is 1. The SMILES string of the molecule is Cc1ccc(CC(C)NC(=O)N2CCCC(C(=O)O)C2)s1. The van der Waals surface area contributed by atoms with E-state index in [0.717, 1.165) is 12.8 Å². The van der Waals surface area contributed by atoms with Gasteiger partial charge in [0, 0.05) is 35.3 Å². The van der Waals surface area contributed by atoms with Crippen LogP contribution >= 0.6 is 11.3 Å². The first-order valence-electron chi connectivity index (χ1n) is 7.29. The number of thiophene rings is 1. The molecule has 0 spiro atoms. The number of rotatable bonds is 4. The largest absolute Gasteiger partial charge is 0.481 e. The third-order valence-corrected chi connectivity index (χ3v) is 4.75. The van der Waals surface area contributed by atoms with E-state index < -0.39 is 11.9 Å². The van der Waals surface area contributed by atoms with Crippen molar-refractivity contribution < 1.29 is 14.7 Å². The number of nitrogens with one attached hydrogen (secondary N) is 1. The Kier molecular flexibility index (Phi) is 5.22. The maximum atomic E-state index is 12.2. The van der Waals surface area contributed by atoms with E-state index >= 15 is 0 Å². The number of nitrogens with zero attached hydrogens (tertiary/aromatic N) is 1. The highest BCUT2D eigenvalue weighted by Crippen LogP contribution is 2.18. The van der Waals surface area contributed by atoms with Crippen molar-refractivity contribution in [2.45, 2.75) is 39.2 Å². The molecule has 1 saturated heterocycles. The Bertz CT molecular complexity index is 515. The van der Waals surface area contributed by atoms with Crippen LogP contribution in [0.5, 0.6) is 0 Å². The van der Waals surface area contributed by atoms with Gasteiger partial charge in [-0.25, -0.2) is 4.79 Å². The first-order valence-corrected chi connectivity index (χ1v) is 8.11. The zero-order valence-electron chi connectivity index (χ0n) is 12.5. The molecule has 2 heterocycles. The molecule has 2 unspecified atom stereocenters. The van der Waals surface area contributed by atoms with Gasteiger partial charge in [0.25, 0.3) is 0 Å². The van der Waals surface area contributed by atoms with Crippen molar-refractivity contribution in [2.75, 3.05) is 13.1 Å². The van der Waals surface area contributed by atoms with Gasteiger partial charge < -0.3 is 15.3 Å². The number of hydrogen-bond acceptors (Lipinski definition) is 3. The third kappa shape index (κ3) is 4.46. The van der Waals surface area contributed by atoms with Gasteiger partial charge in [-0.15, -0.1) is 11.3 Å². The van der Waals surface area contributed by atoms with E-state index in [0.29, 0.717) is 19.5 Å². The molecular formula is C15H22N2O3S. The molecule has 21 heavy (non-hydrogen) atoms. The molecule has 0 aromatic carbocycles. The molecule has 1 aliphatic heterocycles. The molecule has 1 aromatic rings. The predicted molar refractivity (Wildman–Crippen MR) is 82.7 cm³/mol. The lowest BCUT2D eigenvalue weighted by Crippen LogP contribution is -2.49. The Morgan fingerprint density at radius 1 is 1.52 bits per heavy atom. The Labute approximate surface area is 129 Å². The Morgan fingerprint density at radius 3 is 2.90 bits per heavy atom. The van der Waals surface area contributed by atoms with E-state index in [2.05, 4.69) is 24.4 Å². The van der Waals surface area contributed by atoms with E-state index in [9.17, 15) is 9.59 Å². The Hall–Kier alpha value is -1.56. The summed E-state index contributed by atoms with van der Waals surface area (Å²) in [5.74, 6) is -1.24. The topological polar surface area (TPSA) is 69.6 Å². The van der Waals surface area contributed by atoms with Gasteiger partial charge in [-0.2, -0.15) is 0 Å². The second-order valence-electron chi connectivity index (χ2n) is 5.69. The van der Waals surface area contributed by atoms with Gasteiger partial charge in [-0.3, -0.25) is 4.79 Å². The lowest BCUT2D eigenvalue weighted by molar-refractivity contribution is -0.143. The van der Waals surface area contributed by atoms with Gasteiger partial charge in [-0.05, 0) is 38.8 Å². The van der Waals surface area contributed by atoms with Crippen LogP contribution < -0.4 is 5.32 Å². The van der Waals surface area contributed by atoms with E-state index in [1.165, 1.54) is 9.75 Å². The summed E-state index contributed by atoms with van der Waals surface area (Å²) in [7, 11) is 0. The smallest absolute Gasteiger partial charge is 0.317 e. The van der Waals surface area contributed by atoms with Crippen LogP contribution in [0.1, 0.15) is 29.5 Å². The van der Waals surface area contributed by atoms with E-state index in [1.807, 2.05) is 6.92 Å². The average molecular weight is 310 g/mol. The number of aryl methyl sites for hydroxylation is 1. The number of piperidine rings is 1. The normalized spacial score (nSPS) is 20.1. The van der Waals surface area contributed by atoms with Gasteiger partial charge in [0.1, 0.15) is 0 Å². The molecule has 2 N–H and O–H groups in total. The molecule has 6 heteroatoms. The average Bonchev–Trinajstić information content (AvgIpc) is 2.83. The Morgan fingerprint density at radius 2 is 2.29 bits per heavy atom. The fourth-order valence-electron chi connectivity index (χ4n) is 2.61. The molecule has 116 valence electrons. The van der Waals surface area contributed by atoms with E-state index in [4.69, 9.17) is 5.11 Å². The minimum Gasteiger partial charge on any atom is -0.481 e. The molecule has 1 fully saturated rings. The first kappa shape index (κ1) is 15.8. The van der Waals surface area contributed by atoms with Crippen LogP contribution in [-0.4, -0.2) is 41.1 Å². The second-order valence-corrected chi connectivity index (χ2v) is 7.06. The van der Waals surface area contributed by atoms with Crippen molar-refractivity contribution in [2.24, 2.45) is 5.92 Å². The number of aliphatic carboxylic acids is 1. The number of carboxylic acids is 1. The number of amides is 2. The van der Waals surface area contributed by atoms with Gasteiger partial charge in [0.05, 0.1) is 5.92 Å². The van der Waals surface area contributed by atoms with Gasteiger partial charge in [-0.1, -0.05) is 0 Å². The predicted octanol–water partition coefficient (Wildman–Crippen LogP) is 2.49. The van der Waals surface area contributed by atoms with Crippen LogP contribution in [0.15, 0.2) is 12.1 Å². The highest BCUT2D eigenvalue weighted by molar-refractivity contribution is 7.11. The van der Waals surface area contributed by atoms with Crippen molar-refractivity contribution in [1.29, 1.82) is 0 Å². The summed E-state index contributed by atoms with van der Waals surface area (Å²) in [5.41, 5.74) is 0. The van der Waals surface area contributed by atoms with Gasteiger partial charge in [0.2, 0.25) is 0 Å². The van der Waals surface area contributed by atoms with Crippen LogP contribution in [0.4, 0.5) is 4.79 Å². The summed E-state index contributed by atoms with van der Waals surface area (Å²) in [6.45, 7) is 5.00. The van der Waals surface area contributed by atoms with Crippen LogP contribution in [0.25, 0.3) is 0 Å². The molecular weight excluding hydrogens is 288 g/mol. The van der Waals surface area contributed by atoms with Crippen molar-refractivity contribution in [1.82, 2.24) is 10.2 Å². The molecule has 2 amide bonds. The molecule has 0 radical (unpaired) electrons. The summed E-state index contributed by atoms with van der Waals surface area (Å²) in [4.78, 5) is 27.4. The van der Waals surface area contributed by atoms with Crippen LogP contribution in [0.3, 0.4) is 0 Å². The molecule has 0 bridgehead atoms. The zero-order chi connectivity index (χ0) is 15.4. The molecule has 0 saturated carbocycles. The van der Waals surface area contributed by atoms with Crippen molar-refractivity contribution in [3.05, 3.63) is 21.9 Å². The lowest BCUT2D eigenvalue weighted by atomic mass is 9.99. The van der Waals surface area contributed by atoms with Crippen LogP contribution in [-0.2, 0) is 11.2 Å². The number of urea groups is 1. The Balaban J connectivity index is 1.84. The highest BCUT2D eigenvalue weighted by atomic mass is 32.1. The minimum atomic E-state index is -0.811. The standard InChI is InChI=1S/C15H22N2O3S/c1-10(8-13-6-5-11(2)21-13)16-15(20)17-7-3-4-12(9-17)14(18)19/h5-6,10,12H,3-4,7-9H2,1-2H3,(H,16,20)(H,18,19). The van der Waals surface area contributed by atoms with Gasteiger partial charge >= 0.3 is 12.0 Å². The van der Waals surface area contributed by atoms with Crippen molar-refractivity contribution in [3.8, 4) is 0 Å². The summed E-state index contributed by atoms with van der Waals surface area (Å²) < 4.78 is 0. The number of likely N-dealkylation sites (tertiary alicyclic amines) is 1. The molecule has 5 nitrogen and oxygen atoms in total. The van der Waals surface area contributed by atoms with Crippen LogP contribution in [0.2, 0.25) is 0 Å². The summed E-state index contributed by atoms with van der Waals surface area (Å²) in [6.07, 6.45) is 2.21. The highest BCUT2D eigenvalue weighted by Gasteiger charge is 2.28. The summed E-state index contributed by atoms with van der Waals surface area (Å²) in [6, 6.07) is 4.06. The summed E-state index contributed by atoms with van der Waals surface area (Å²) in [5, 5.41) is 12.0. The van der Waals surface area contributed by atoms with E-state index in [1.54, 1.807) is 16.2 Å². The van der Waals surface area contributed by atoms with Crippen LogP contribution in [0, 0.1) is 12.8 Å². The van der Waals surface area contributed by atoms with Crippen molar-refractivity contribution >= 4 is 23.3 Å². The molecule has 2 rings (SSSR count). The maximum Gasteiger partial charge on any atom is 0.317 e. The number of hydrogen-bond donors (Lipinski definition) is 2. The number of carbonyl (C=O) groups is 2. The molecule has 0 aliphatic carbocycles. The molecule has 2 atom stereocenters. The summed E-state index contributed by atoms with van der Waals surface area (Å²) >= 11 is 1.74. The monoisotopic (exact) mass is 310 g/mol. The zero-order valence-corrected chi connectivity index (χ0v) is 13.3. The number of carboxylic acid groups (broad SMARTS) is 1. The van der Waals surface area contributed by atoms with Gasteiger partial charge in [0.15, 0.2) is 0 Å². The fourth-order valence-corrected chi connectivity index (χ4v) is 3.63. The lowest BCUT2D eigenvalue weighted by Gasteiger charge is -2.31. The second kappa shape index (κ2) is 6.93.